The van der Waals surface area contributed by atoms with Gasteiger partial charge in [0.05, 0.1) is 5.69 Å². The number of hydrogen-bond donors (Lipinski definition) is 1. The van der Waals surface area contributed by atoms with E-state index < -0.39 is 0 Å². The molecule has 1 N–H and O–H groups in total. The van der Waals surface area contributed by atoms with E-state index in [9.17, 15) is 4.79 Å². The van der Waals surface area contributed by atoms with E-state index in [-0.39, 0.29) is 11.4 Å². The summed E-state index contributed by atoms with van der Waals surface area (Å²) in [4.78, 5) is 16.1. The van der Waals surface area contributed by atoms with Crippen LogP contribution in [0.15, 0.2) is 17.8 Å². The van der Waals surface area contributed by atoms with Gasteiger partial charge < -0.3 is 5.32 Å². The van der Waals surface area contributed by atoms with Crippen LogP contribution < -0.4 is 5.32 Å². The van der Waals surface area contributed by atoms with Crippen molar-refractivity contribution < 1.29 is 4.79 Å². The highest BCUT2D eigenvalue weighted by Crippen LogP contribution is 2.36. The molecule has 0 atom stereocenters. The minimum Gasteiger partial charge on any atom is -0.349 e. The van der Waals surface area contributed by atoms with Gasteiger partial charge in [-0.05, 0) is 34.7 Å². The van der Waals surface area contributed by atoms with Crippen molar-refractivity contribution in [1.82, 2.24) is 30.4 Å². The van der Waals surface area contributed by atoms with Crippen molar-refractivity contribution in [3.63, 3.8) is 0 Å². The molecule has 2 aromatic heterocycles. The zero-order valence-corrected chi connectivity index (χ0v) is 15.7. The van der Waals surface area contributed by atoms with Crippen LogP contribution >= 0.6 is 23.1 Å². The fourth-order valence-corrected chi connectivity index (χ4v) is 5.62. The Bertz CT molecular complexity index is 704. The van der Waals surface area contributed by atoms with Crippen LogP contribution in [0.2, 0.25) is 0 Å². The van der Waals surface area contributed by atoms with E-state index >= 15 is 0 Å². The number of carbonyl (C=O) groups excluding carboxylic acids is 1. The molecule has 134 valence electrons. The number of amides is 1. The Labute approximate surface area is 155 Å². The van der Waals surface area contributed by atoms with Gasteiger partial charge >= 0.3 is 0 Å². The predicted molar refractivity (Wildman–Crippen MR) is 99.5 cm³/mol. The average molecular weight is 379 g/mol. The Kier molecular flexibility index (Phi) is 5.05. The van der Waals surface area contributed by atoms with Crippen molar-refractivity contribution in [3.05, 3.63) is 22.7 Å². The van der Waals surface area contributed by atoms with E-state index in [0.29, 0.717) is 4.88 Å². The highest BCUT2D eigenvalue weighted by molar-refractivity contribution is 7.99. The Balaban J connectivity index is 1.47. The summed E-state index contributed by atoms with van der Waals surface area (Å²) in [5.41, 5.74) is 0.880. The molecule has 1 aliphatic heterocycles. The molecule has 4 rings (SSSR count). The van der Waals surface area contributed by atoms with E-state index in [1.165, 1.54) is 54.9 Å². The largest absolute Gasteiger partial charge is 0.349 e. The Hall–Kier alpha value is -1.45. The molecule has 0 radical (unpaired) electrons. The number of hydrogen-bond acceptors (Lipinski definition) is 7. The summed E-state index contributed by atoms with van der Waals surface area (Å²) >= 11 is 3.46. The molecule has 2 aliphatic rings. The van der Waals surface area contributed by atoms with Crippen molar-refractivity contribution in [2.45, 2.75) is 31.2 Å². The van der Waals surface area contributed by atoms with E-state index in [1.807, 2.05) is 23.2 Å². The summed E-state index contributed by atoms with van der Waals surface area (Å²) < 4.78 is 1.54. The van der Waals surface area contributed by atoms with Crippen molar-refractivity contribution in [2.24, 2.45) is 0 Å². The van der Waals surface area contributed by atoms with E-state index in [4.69, 9.17) is 0 Å². The summed E-state index contributed by atoms with van der Waals surface area (Å²) in [7, 11) is 0. The Morgan fingerprint density at radius 1 is 1.28 bits per heavy atom. The fraction of sp³-hybridized carbons (Fsp3) is 0.625. The van der Waals surface area contributed by atoms with Crippen molar-refractivity contribution in [2.75, 3.05) is 31.1 Å². The zero-order chi connectivity index (χ0) is 17.1. The first-order valence-corrected chi connectivity index (χ1v) is 10.7. The van der Waals surface area contributed by atoms with Crippen LogP contribution in [0.3, 0.4) is 0 Å². The molecule has 0 bridgehead atoms. The second-order valence-electron chi connectivity index (χ2n) is 6.60. The molecular weight excluding hydrogens is 356 g/mol. The SMILES string of the molecule is O=C(NCC1(N2CCSCC2)CCCC1)c1sccc1-n1cnnn1. The highest BCUT2D eigenvalue weighted by atomic mass is 32.2. The van der Waals surface area contributed by atoms with Gasteiger partial charge in [-0.3, -0.25) is 9.69 Å². The monoisotopic (exact) mass is 378 g/mol. The zero-order valence-electron chi connectivity index (χ0n) is 14.1. The van der Waals surface area contributed by atoms with E-state index in [0.717, 1.165) is 25.3 Å². The number of nitrogens with one attached hydrogen (secondary N) is 1. The summed E-state index contributed by atoms with van der Waals surface area (Å²) in [5.74, 6) is 2.37. The number of carbonyl (C=O) groups is 1. The Morgan fingerprint density at radius 3 is 2.80 bits per heavy atom. The van der Waals surface area contributed by atoms with Crippen LogP contribution in [0.25, 0.3) is 5.69 Å². The second-order valence-corrected chi connectivity index (χ2v) is 8.74. The minimum atomic E-state index is -0.0295. The summed E-state index contributed by atoms with van der Waals surface area (Å²) in [5, 5.41) is 16.3. The van der Waals surface area contributed by atoms with Crippen molar-refractivity contribution >= 4 is 29.0 Å². The van der Waals surface area contributed by atoms with Crippen LogP contribution in [0.1, 0.15) is 35.4 Å². The lowest BCUT2D eigenvalue weighted by molar-refractivity contribution is 0.0820. The molecule has 1 saturated heterocycles. The van der Waals surface area contributed by atoms with Gasteiger partial charge in [0, 0.05) is 36.7 Å². The number of nitrogens with zero attached hydrogens (tertiary/aromatic N) is 5. The van der Waals surface area contributed by atoms with Gasteiger partial charge in [-0.1, -0.05) is 12.8 Å². The van der Waals surface area contributed by atoms with Crippen LogP contribution in [0.4, 0.5) is 0 Å². The van der Waals surface area contributed by atoms with E-state index in [2.05, 4.69) is 25.7 Å². The van der Waals surface area contributed by atoms with Gasteiger partial charge in [0.1, 0.15) is 11.2 Å². The first-order valence-electron chi connectivity index (χ1n) is 8.70. The third-order valence-electron chi connectivity index (χ3n) is 5.24. The molecular formula is C16H22N6OS2. The van der Waals surface area contributed by atoms with Gasteiger partial charge in [-0.15, -0.1) is 16.4 Å². The Morgan fingerprint density at radius 2 is 2.08 bits per heavy atom. The first-order chi connectivity index (χ1) is 12.3. The van der Waals surface area contributed by atoms with Crippen LogP contribution in [0, 0.1) is 0 Å². The van der Waals surface area contributed by atoms with Crippen LogP contribution in [-0.2, 0) is 0 Å². The van der Waals surface area contributed by atoms with Gasteiger partial charge in [-0.2, -0.15) is 16.4 Å². The third kappa shape index (κ3) is 3.45. The first kappa shape index (κ1) is 17.0. The van der Waals surface area contributed by atoms with Crippen LogP contribution in [-0.4, -0.2) is 67.7 Å². The lowest BCUT2D eigenvalue weighted by atomic mass is 9.94. The number of thiophene rings is 1. The van der Waals surface area contributed by atoms with Crippen molar-refractivity contribution in [3.8, 4) is 5.69 Å². The average Bonchev–Trinajstić information content (AvgIpc) is 3.42. The molecule has 25 heavy (non-hydrogen) atoms. The molecule has 2 aromatic rings. The molecule has 1 aliphatic carbocycles. The normalized spacial score (nSPS) is 20.6. The topological polar surface area (TPSA) is 75.9 Å². The van der Waals surface area contributed by atoms with Gasteiger partial charge in [0.15, 0.2) is 0 Å². The maximum Gasteiger partial charge on any atom is 0.263 e. The number of rotatable bonds is 5. The summed E-state index contributed by atoms with van der Waals surface area (Å²) in [6, 6.07) is 1.88. The fourth-order valence-electron chi connectivity index (χ4n) is 3.93. The molecule has 0 unspecified atom stereocenters. The predicted octanol–water partition coefficient (Wildman–Crippen LogP) is 1.82. The number of tetrazole rings is 1. The third-order valence-corrected chi connectivity index (χ3v) is 7.09. The standard InChI is InChI=1S/C16H22N6OS2/c23-15(14-13(3-8-25-14)22-12-18-19-20-22)17-11-16(4-1-2-5-16)21-6-9-24-10-7-21/h3,8,12H,1-2,4-7,9-11H2,(H,17,23). The number of aromatic nitrogens is 4. The lowest BCUT2D eigenvalue weighted by Gasteiger charge is -2.43. The van der Waals surface area contributed by atoms with E-state index in [1.54, 1.807) is 4.68 Å². The van der Waals surface area contributed by atoms with Crippen molar-refractivity contribution in [1.29, 1.82) is 0 Å². The second kappa shape index (κ2) is 7.43. The summed E-state index contributed by atoms with van der Waals surface area (Å²) in [6.07, 6.45) is 6.40. The maximum atomic E-state index is 12.8. The lowest BCUT2D eigenvalue weighted by Crippen LogP contribution is -2.56. The maximum absolute atomic E-state index is 12.8. The molecule has 3 heterocycles. The van der Waals surface area contributed by atoms with Crippen LogP contribution in [0.5, 0.6) is 0 Å². The van der Waals surface area contributed by atoms with Gasteiger partial charge in [-0.25, -0.2) is 0 Å². The highest BCUT2D eigenvalue weighted by Gasteiger charge is 2.40. The minimum absolute atomic E-state index is 0.0295. The molecule has 0 aromatic carbocycles. The molecule has 2 fully saturated rings. The molecule has 1 amide bonds. The summed E-state index contributed by atoms with van der Waals surface area (Å²) in [6.45, 7) is 2.99. The smallest absolute Gasteiger partial charge is 0.263 e. The molecule has 0 spiro atoms. The molecule has 7 nitrogen and oxygen atoms in total. The molecule has 9 heteroatoms. The molecule has 1 saturated carbocycles. The van der Waals surface area contributed by atoms with Gasteiger partial charge in [0.2, 0.25) is 0 Å². The quantitative estimate of drug-likeness (QED) is 0.855. The number of thioether (sulfide) groups is 1. The van der Waals surface area contributed by atoms with Gasteiger partial charge in [0.25, 0.3) is 5.91 Å².